The molecule has 2 rings (SSSR count). The van der Waals surface area contributed by atoms with Gasteiger partial charge in [0.25, 0.3) is 10.0 Å². The Morgan fingerprint density at radius 2 is 1.59 bits per heavy atom. The zero-order valence-corrected chi connectivity index (χ0v) is 20.8. The quantitative estimate of drug-likeness (QED) is 0.599. The van der Waals surface area contributed by atoms with Crippen LogP contribution in [0.5, 0.6) is 0 Å². The summed E-state index contributed by atoms with van der Waals surface area (Å²) in [7, 11) is -0.464. The molecule has 1 aromatic heterocycles. The van der Waals surface area contributed by atoms with Crippen molar-refractivity contribution in [2.45, 2.75) is 71.0 Å². The number of halogens is 1. The highest BCUT2D eigenvalue weighted by atomic mass is 32.2. The number of nitrogens with one attached hydrogen (secondary N) is 2. The molecule has 8 nitrogen and oxygen atoms in total. The number of urea groups is 1. The molecule has 1 aromatic carbocycles. The number of carbonyl (C=O) groups excluding carboxylic acids is 1. The van der Waals surface area contributed by atoms with Gasteiger partial charge in [0, 0.05) is 24.3 Å². The lowest BCUT2D eigenvalue weighted by Crippen LogP contribution is -2.35. The zero-order chi connectivity index (χ0) is 24.4. The van der Waals surface area contributed by atoms with E-state index in [4.69, 9.17) is 0 Å². The van der Waals surface area contributed by atoms with Crippen molar-refractivity contribution in [3.05, 3.63) is 40.8 Å². The van der Waals surface area contributed by atoms with Crippen molar-refractivity contribution in [3.8, 4) is 0 Å². The maximum absolute atomic E-state index is 14.1. The van der Waals surface area contributed by atoms with Crippen LogP contribution in [0.15, 0.2) is 23.2 Å². The molecule has 0 atom stereocenters. The number of amides is 2. The largest absolute Gasteiger partial charge is 0.333 e. The second-order valence-electron chi connectivity index (χ2n) is 9.08. The smallest absolute Gasteiger partial charge is 0.307 e. The molecule has 32 heavy (non-hydrogen) atoms. The fraction of sp³-hybridized carbons (Fsp3) is 0.545. The van der Waals surface area contributed by atoms with Gasteiger partial charge < -0.3 is 10.2 Å². The first-order valence-electron chi connectivity index (χ1n) is 10.6. The third-order valence-corrected chi connectivity index (χ3v) is 6.11. The Bertz CT molecular complexity index is 1050. The van der Waals surface area contributed by atoms with Gasteiger partial charge in [-0.25, -0.2) is 13.9 Å². The summed E-state index contributed by atoms with van der Waals surface area (Å²) in [5.74, 6) is -0.556. The van der Waals surface area contributed by atoms with E-state index in [-0.39, 0.29) is 22.9 Å². The lowest BCUT2D eigenvalue weighted by atomic mass is 9.92. The summed E-state index contributed by atoms with van der Waals surface area (Å²) >= 11 is 0. The molecule has 0 unspecified atom stereocenters. The van der Waals surface area contributed by atoms with Crippen LogP contribution in [0.25, 0.3) is 0 Å². The Morgan fingerprint density at radius 1 is 1.06 bits per heavy atom. The van der Waals surface area contributed by atoms with Gasteiger partial charge in [0.2, 0.25) is 0 Å². The van der Waals surface area contributed by atoms with Crippen molar-refractivity contribution in [3.63, 3.8) is 0 Å². The van der Waals surface area contributed by atoms with Crippen molar-refractivity contribution in [2.24, 2.45) is 0 Å². The predicted molar refractivity (Wildman–Crippen MR) is 124 cm³/mol. The number of rotatable bonds is 8. The maximum atomic E-state index is 14.1. The summed E-state index contributed by atoms with van der Waals surface area (Å²) in [5.41, 5.74) is 2.33. The molecule has 0 fully saturated rings. The van der Waals surface area contributed by atoms with Crippen LogP contribution in [0, 0.1) is 5.82 Å². The molecule has 0 aliphatic carbocycles. The second kappa shape index (κ2) is 9.99. The number of anilines is 1. The van der Waals surface area contributed by atoms with E-state index in [1.807, 2.05) is 65.3 Å². The highest BCUT2D eigenvalue weighted by Gasteiger charge is 2.25. The molecule has 178 valence electrons. The minimum atomic E-state index is -4.21. The second-order valence-corrected chi connectivity index (χ2v) is 10.7. The molecule has 0 aliphatic rings. The molecule has 2 aromatic rings. The molecule has 0 aliphatic heterocycles. The van der Waals surface area contributed by atoms with Crippen LogP contribution in [0.1, 0.15) is 76.2 Å². The van der Waals surface area contributed by atoms with E-state index in [2.05, 4.69) is 10.4 Å². The minimum Gasteiger partial charge on any atom is -0.307 e. The fourth-order valence-corrected chi connectivity index (χ4v) is 4.33. The first kappa shape index (κ1) is 25.8. The van der Waals surface area contributed by atoms with Gasteiger partial charge in [0.1, 0.15) is 5.82 Å². The molecular formula is C22H34FN5O3S. The molecule has 0 radical (unpaired) electrons. The van der Waals surface area contributed by atoms with Crippen LogP contribution >= 0.6 is 0 Å². The average molecular weight is 468 g/mol. The van der Waals surface area contributed by atoms with Crippen molar-refractivity contribution >= 4 is 21.7 Å². The van der Waals surface area contributed by atoms with Crippen molar-refractivity contribution < 1.29 is 17.6 Å². The summed E-state index contributed by atoms with van der Waals surface area (Å²) in [6, 6.07) is 3.21. The van der Waals surface area contributed by atoms with E-state index >= 15 is 0 Å². The summed E-state index contributed by atoms with van der Waals surface area (Å²) in [6.07, 6.45) is 0. The Balaban J connectivity index is 2.36. The first-order valence-corrected chi connectivity index (χ1v) is 12.1. The molecular weight excluding hydrogens is 433 g/mol. The van der Waals surface area contributed by atoms with Gasteiger partial charge in [-0.1, -0.05) is 27.7 Å². The highest BCUT2D eigenvalue weighted by Crippen LogP contribution is 2.33. The molecule has 0 bridgehead atoms. The molecule has 2 N–H and O–H groups in total. The van der Waals surface area contributed by atoms with Gasteiger partial charge in [0.15, 0.2) is 5.03 Å². The van der Waals surface area contributed by atoms with E-state index in [1.54, 1.807) is 4.68 Å². The van der Waals surface area contributed by atoms with Gasteiger partial charge in [-0.05, 0) is 63.0 Å². The number of sulfonamides is 1. The fourth-order valence-electron chi connectivity index (χ4n) is 3.45. The molecule has 2 amide bonds. The van der Waals surface area contributed by atoms with Crippen LogP contribution in [-0.4, -0.2) is 43.2 Å². The predicted octanol–water partition coefficient (Wildman–Crippen LogP) is 4.42. The van der Waals surface area contributed by atoms with Crippen molar-refractivity contribution in [1.82, 2.24) is 19.4 Å². The van der Waals surface area contributed by atoms with E-state index in [9.17, 15) is 17.6 Å². The Hall–Kier alpha value is -2.46. The van der Waals surface area contributed by atoms with Crippen LogP contribution in [0.2, 0.25) is 0 Å². The van der Waals surface area contributed by atoms with Gasteiger partial charge >= 0.3 is 6.03 Å². The number of nitrogens with zero attached hydrogens (tertiary/aromatic N) is 3. The van der Waals surface area contributed by atoms with Crippen LogP contribution in [-0.2, 0) is 16.6 Å². The molecule has 0 saturated carbocycles. The number of benzene rings is 1. The van der Waals surface area contributed by atoms with Crippen molar-refractivity contribution in [1.29, 1.82) is 0 Å². The monoisotopic (exact) mass is 467 g/mol. The lowest BCUT2D eigenvalue weighted by molar-refractivity contribution is 0.256. The topological polar surface area (TPSA) is 96.3 Å². The Kier molecular flexibility index (Phi) is 8.06. The standard InChI is InChI=1S/C22H34FN5O3S/c1-13(2)18-9-16(23)10-19(14(3)4)21(18)24-22(29)26-32(30,31)20-11-17(12-27(7)8)28(25-20)15(5)6/h9-11,13-15H,12H2,1-8H3,(H2,24,26,29). The molecule has 0 saturated heterocycles. The van der Waals surface area contributed by atoms with Gasteiger partial charge in [-0.3, -0.25) is 4.68 Å². The van der Waals surface area contributed by atoms with E-state index in [0.717, 1.165) is 0 Å². The van der Waals surface area contributed by atoms with Crippen LogP contribution < -0.4 is 10.0 Å². The average Bonchev–Trinajstić information content (AvgIpc) is 3.06. The lowest BCUT2D eigenvalue weighted by Gasteiger charge is -2.20. The van der Waals surface area contributed by atoms with Gasteiger partial charge in [-0.15, -0.1) is 0 Å². The third-order valence-electron chi connectivity index (χ3n) is 4.91. The van der Waals surface area contributed by atoms with E-state index in [1.165, 1.54) is 18.2 Å². The summed E-state index contributed by atoms with van der Waals surface area (Å²) in [4.78, 5) is 14.6. The third kappa shape index (κ3) is 6.07. The Labute approximate surface area is 190 Å². The number of carbonyl (C=O) groups is 1. The van der Waals surface area contributed by atoms with Crippen LogP contribution in [0.4, 0.5) is 14.9 Å². The SMILES string of the molecule is CC(C)c1cc(F)cc(C(C)C)c1NC(=O)NS(=O)(=O)c1cc(CN(C)C)n(C(C)C)n1. The Morgan fingerprint density at radius 3 is 2.03 bits per heavy atom. The molecule has 1 heterocycles. The molecule has 10 heteroatoms. The summed E-state index contributed by atoms with van der Waals surface area (Å²) in [5, 5.41) is 6.61. The van der Waals surface area contributed by atoms with Gasteiger partial charge in [0.05, 0.1) is 5.69 Å². The van der Waals surface area contributed by atoms with Crippen molar-refractivity contribution in [2.75, 3.05) is 19.4 Å². The van der Waals surface area contributed by atoms with Crippen LogP contribution in [0.3, 0.4) is 0 Å². The normalized spacial score (nSPS) is 12.3. The number of aromatic nitrogens is 2. The van der Waals surface area contributed by atoms with E-state index < -0.39 is 21.9 Å². The number of hydrogen-bond donors (Lipinski definition) is 2. The number of hydrogen-bond acceptors (Lipinski definition) is 5. The summed E-state index contributed by atoms with van der Waals surface area (Å²) in [6.45, 7) is 11.8. The minimum absolute atomic E-state index is 0.0517. The first-order chi connectivity index (χ1) is 14.7. The van der Waals surface area contributed by atoms with E-state index in [0.29, 0.717) is 29.1 Å². The van der Waals surface area contributed by atoms with Gasteiger partial charge in [-0.2, -0.15) is 13.5 Å². The molecule has 0 spiro atoms. The zero-order valence-electron chi connectivity index (χ0n) is 20.0. The highest BCUT2D eigenvalue weighted by molar-refractivity contribution is 7.90. The summed E-state index contributed by atoms with van der Waals surface area (Å²) < 4.78 is 43.5. The maximum Gasteiger partial charge on any atom is 0.333 e.